The number of ketones is 1. The van der Waals surface area contributed by atoms with Crippen LogP contribution in [0.5, 0.6) is 0 Å². The molecule has 1 fully saturated rings. The third kappa shape index (κ3) is 2.67. The average Bonchev–Trinajstić information content (AvgIpc) is 2.65. The molecule has 15 heavy (non-hydrogen) atoms. The van der Waals surface area contributed by atoms with Gasteiger partial charge in [-0.05, 0) is 18.4 Å². The maximum absolute atomic E-state index is 11.9. The van der Waals surface area contributed by atoms with Gasteiger partial charge in [0.1, 0.15) is 5.78 Å². The highest BCUT2D eigenvalue weighted by atomic mass is 16.1. The SMILES string of the molecule is Cn1cc(CC(=O)C2CCCCC2)cn1. The highest BCUT2D eigenvalue weighted by Crippen LogP contribution is 2.25. The molecule has 0 saturated heterocycles. The second kappa shape index (κ2) is 4.60. The molecule has 1 aliphatic carbocycles. The summed E-state index contributed by atoms with van der Waals surface area (Å²) < 4.78 is 1.75. The molecule has 0 unspecified atom stereocenters. The molecular weight excluding hydrogens is 188 g/mol. The van der Waals surface area contributed by atoms with Gasteiger partial charge in [-0.3, -0.25) is 9.48 Å². The predicted molar refractivity (Wildman–Crippen MR) is 58.5 cm³/mol. The Kier molecular flexibility index (Phi) is 3.19. The highest BCUT2D eigenvalue weighted by Gasteiger charge is 2.21. The summed E-state index contributed by atoms with van der Waals surface area (Å²) in [5.74, 6) is 0.724. The van der Waals surface area contributed by atoms with E-state index in [2.05, 4.69) is 5.10 Å². The zero-order valence-electron chi connectivity index (χ0n) is 9.28. The second-order valence-corrected chi connectivity index (χ2v) is 4.50. The Morgan fingerprint density at radius 2 is 2.20 bits per heavy atom. The normalized spacial score (nSPS) is 17.9. The summed E-state index contributed by atoms with van der Waals surface area (Å²) in [7, 11) is 1.88. The van der Waals surface area contributed by atoms with E-state index in [1.807, 2.05) is 13.2 Å². The highest BCUT2D eigenvalue weighted by molar-refractivity contribution is 5.83. The maximum Gasteiger partial charge on any atom is 0.140 e. The summed E-state index contributed by atoms with van der Waals surface area (Å²) >= 11 is 0. The largest absolute Gasteiger partial charge is 0.299 e. The Hall–Kier alpha value is -1.12. The van der Waals surface area contributed by atoms with E-state index in [0.717, 1.165) is 18.4 Å². The van der Waals surface area contributed by atoms with Crippen molar-refractivity contribution in [3.05, 3.63) is 18.0 Å². The average molecular weight is 206 g/mol. The lowest BCUT2D eigenvalue weighted by molar-refractivity contribution is -0.123. The minimum Gasteiger partial charge on any atom is -0.299 e. The lowest BCUT2D eigenvalue weighted by Crippen LogP contribution is -2.19. The lowest BCUT2D eigenvalue weighted by atomic mass is 9.84. The first-order valence-electron chi connectivity index (χ1n) is 5.76. The first-order valence-corrected chi connectivity index (χ1v) is 5.76. The standard InChI is InChI=1S/C12H18N2O/c1-14-9-10(8-13-14)7-12(15)11-5-3-2-4-6-11/h8-9,11H,2-7H2,1H3. The molecule has 82 valence electrons. The van der Waals surface area contributed by atoms with Crippen LogP contribution in [0.1, 0.15) is 37.7 Å². The van der Waals surface area contributed by atoms with E-state index in [9.17, 15) is 4.79 Å². The molecule has 3 nitrogen and oxygen atoms in total. The molecule has 0 aromatic carbocycles. The van der Waals surface area contributed by atoms with Gasteiger partial charge >= 0.3 is 0 Å². The molecule has 0 bridgehead atoms. The van der Waals surface area contributed by atoms with Gasteiger partial charge in [-0.25, -0.2) is 0 Å². The van der Waals surface area contributed by atoms with Crippen LogP contribution in [0.2, 0.25) is 0 Å². The van der Waals surface area contributed by atoms with Gasteiger partial charge in [0.25, 0.3) is 0 Å². The molecule has 1 aromatic heterocycles. The number of Topliss-reactive ketones (excluding diaryl/α,β-unsaturated/α-hetero) is 1. The second-order valence-electron chi connectivity index (χ2n) is 4.50. The van der Waals surface area contributed by atoms with Crippen molar-refractivity contribution in [2.45, 2.75) is 38.5 Å². The summed E-state index contributed by atoms with van der Waals surface area (Å²) in [4.78, 5) is 11.9. The Bertz CT molecular complexity index is 337. The molecule has 0 amide bonds. The molecule has 3 heteroatoms. The fourth-order valence-electron chi connectivity index (χ4n) is 2.33. The molecule has 0 N–H and O–H groups in total. The van der Waals surface area contributed by atoms with Gasteiger partial charge in [0.2, 0.25) is 0 Å². The molecule has 2 rings (SSSR count). The molecule has 0 aliphatic heterocycles. The molecule has 0 atom stereocenters. The molecule has 1 aliphatic rings. The van der Waals surface area contributed by atoms with Crippen molar-refractivity contribution in [1.29, 1.82) is 0 Å². The van der Waals surface area contributed by atoms with Gasteiger partial charge in [0.15, 0.2) is 0 Å². The molecule has 1 saturated carbocycles. The van der Waals surface area contributed by atoms with E-state index < -0.39 is 0 Å². The third-order valence-electron chi connectivity index (χ3n) is 3.20. The van der Waals surface area contributed by atoms with E-state index in [-0.39, 0.29) is 0 Å². The quantitative estimate of drug-likeness (QED) is 0.759. The van der Waals surface area contributed by atoms with Gasteiger partial charge in [0, 0.05) is 25.6 Å². The van der Waals surface area contributed by atoms with Gasteiger partial charge in [-0.15, -0.1) is 0 Å². The summed E-state index contributed by atoms with van der Waals surface area (Å²) in [6.07, 6.45) is 10.2. The number of carbonyl (C=O) groups is 1. The van der Waals surface area contributed by atoms with Gasteiger partial charge in [0.05, 0.1) is 6.20 Å². The summed E-state index contributed by atoms with van der Waals surface area (Å²) in [6, 6.07) is 0. The first-order chi connectivity index (χ1) is 7.25. The molecule has 1 aromatic rings. The fourth-order valence-corrected chi connectivity index (χ4v) is 2.33. The van der Waals surface area contributed by atoms with Crippen molar-refractivity contribution in [3.63, 3.8) is 0 Å². The van der Waals surface area contributed by atoms with Gasteiger partial charge < -0.3 is 0 Å². The monoisotopic (exact) mass is 206 g/mol. The van der Waals surface area contributed by atoms with Crippen molar-refractivity contribution in [1.82, 2.24) is 9.78 Å². The Balaban J connectivity index is 1.91. The van der Waals surface area contributed by atoms with E-state index in [1.165, 1.54) is 19.3 Å². The fraction of sp³-hybridized carbons (Fsp3) is 0.667. The molecule has 1 heterocycles. The zero-order chi connectivity index (χ0) is 10.7. The topological polar surface area (TPSA) is 34.9 Å². The number of carbonyl (C=O) groups excluding carboxylic acids is 1. The van der Waals surface area contributed by atoms with Crippen LogP contribution in [0.25, 0.3) is 0 Å². The lowest BCUT2D eigenvalue weighted by Gasteiger charge is -2.19. The van der Waals surface area contributed by atoms with Crippen LogP contribution in [-0.2, 0) is 18.3 Å². The van der Waals surface area contributed by atoms with Crippen LogP contribution in [0.15, 0.2) is 12.4 Å². The van der Waals surface area contributed by atoms with Crippen molar-refractivity contribution < 1.29 is 4.79 Å². The smallest absolute Gasteiger partial charge is 0.140 e. The number of aromatic nitrogens is 2. The Labute approximate surface area is 90.5 Å². The van der Waals surface area contributed by atoms with E-state index >= 15 is 0 Å². The number of aryl methyl sites for hydroxylation is 1. The number of hydrogen-bond donors (Lipinski definition) is 0. The number of hydrogen-bond acceptors (Lipinski definition) is 2. The number of rotatable bonds is 3. The van der Waals surface area contributed by atoms with Crippen LogP contribution >= 0.6 is 0 Å². The zero-order valence-corrected chi connectivity index (χ0v) is 9.28. The van der Waals surface area contributed by atoms with Crippen molar-refractivity contribution >= 4 is 5.78 Å². The minimum absolute atomic E-state index is 0.318. The van der Waals surface area contributed by atoms with E-state index in [0.29, 0.717) is 18.1 Å². The van der Waals surface area contributed by atoms with Crippen LogP contribution < -0.4 is 0 Å². The van der Waals surface area contributed by atoms with Crippen LogP contribution in [0.3, 0.4) is 0 Å². The van der Waals surface area contributed by atoms with Gasteiger partial charge in [-0.2, -0.15) is 5.10 Å². The summed E-state index contributed by atoms with van der Waals surface area (Å²) in [6.45, 7) is 0. The van der Waals surface area contributed by atoms with Gasteiger partial charge in [-0.1, -0.05) is 19.3 Å². The third-order valence-corrected chi connectivity index (χ3v) is 3.20. The van der Waals surface area contributed by atoms with Crippen LogP contribution in [-0.4, -0.2) is 15.6 Å². The summed E-state index contributed by atoms with van der Waals surface area (Å²) in [5, 5.41) is 4.08. The van der Waals surface area contributed by atoms with E-state index in [1.54, 1.807) is 10.9 Å². The first kappa shape index (κ1) is 10.4. The Morgan fingerprint density at radius 1 is 1.47 bits per heavy atom. The van der Waals surface area contributed by atoms with Crippen molar-refractivity contribution in [2.75, 3.05) is 0 Å². The minimum atomic E-state index is 0.318. The molecule has 0 spiro atoms. The van der Waals surface area contributed by atoms with Crippen LogP contribution in [0, 0.1) is 5.92 Å². The van der Waals surface area contributed by atoms with Crippen molar-refractivity contribution in [2.24, 2.45) is 13.0 Å². The molecule has 0 radical (unpaired) electrons. The van der Waals surface area contributed by atoms with Crippen molar-refractivity contribution in [3.8, 4) is 0 Å². The van der Waals surface area contributed by atoms with E-state index in [4.69, 9.17) is 0 Å². The maximum atomic E-state index is 11.9. The predicted octanol–water partition coefficient (Wildman–Crippen LogP) is 2.11. The molecular formula is C12H18N2O. The number of nitrogens with zero attached hydrogens (tertiary/aromatic N) is 2. The summed E-state index contributed by atoms with van der Waals surface area (Å²) in [5.41, 5.74) is 1.05. The Morgan fingerprint density at radius 3 is 2.80 bits per heavy atom. The van der Waals surface area contributed by atoms with Crippen LogP contribution in [0.4, 0.5) is 0 Å².